The molecule has 15 heavy (non-hydrogen) atoms. The summed E-state index contributed by atoms with van der Waals surface area (Å²) in [5.41, 5.74) is 5.63. The Morgan fingerprint density at radius 2 is 2.40 bits per heavy atom. The van der Waals surface area contributed by atoms with Crippen molar-refractivity contribution < 1.29 is 4.79 Å². The van der Waals surface area contributed by atoms with Crippen LogP contribution in [0.4, 0.5) is 0 Å². The first-order valence-electron chi connectivity index (χ1n) is 4.77. The minimum absolute atomic E-state index is 0.0525. The van der Waals surface area contributed by atoms with Crippen LogP contribution in [0.25, 0.3) is 0 Å². The average Bonchev–Trinajstić information content (AvgIpc) is 2.65. The minimum Gasteiger partial charge on any atom is -0.336 e. The lowest BCUT2D eigenvalue weighted by Crippen LogP contribution is -2.32. The number of H-pyrrole nitrogens is 1. The van der Waals surface area contributed by atoms with Gasteiger partial charge in [-0.05, 0) is 12.5 Å². The predicted octanol–water partition coefficient (Wildman–Crippen LogP) is -1.06. The van der Waals surface area contributed by atoms with E-state index in [-0.39, 0.29) is 23.2 Å². The number of nitrogens with zero attached hydrogens (tertiary/aromatic N) is 2. The van der Waals surface area contributed by atoms with Crippen molar-refractivity contribution in [3.05, 3.63) is 28.2 Å². The molecular weight excluding hydrogens is 196 g/mol. The van der Waals surface area contributed by atoms with Gasteiger partial charge >= 0.3 is 0 Å². The third-order valence-electron chi connectivity index (χ3n) is 2.41. The van der Waals surface area contributed by atoms with Crippen LogP contribution in [0, 0.1) is 0 Å². The molecule has 1 fully saturated rings. The Bertz CT molecular complexity index is 408. The third kappa shape index (κ3) is 2.04. The number of likely N-dealkylation sites (tertiary alicyclic amines) is 1. The van der Waals surface area contributed by atoms with Crippen molar-refractivity contribution >= 4 is 5.91 Å². The fourth-order valence-electron chi connectivity index (χ4n) is 1.60. The van der Waals surface area contributed by atoms with E-state index >= 15 is 0 Å². The van der Waals surface area contributed by atoms with E-state index in [1.54, 1.807) is 4.90 Å². The predicted molar refractivity (Wildman–Crippen MR) is 53.4 cm³/mol. The molecule has 1 saturated heterocycles. The summed E-state index contributed by atoms with van der Waals surface area (Å²) in [6.45, 7) is 1.21. The Morgan fingerprint density at radius 3 is 2.93 bits per heavy atom. The molecule has 2 heterocycles. The fourth-order valence-corrected chi connectivity index (χ4v) is 1.60. The molecule has 1 amide bonds. The van der Waals surface area contributed by atoms with Gasteiger partial charge in [-0.15, -0.1) is 0 Å². The van der Waals surface area contributed by atoms with Crippen LogP contribution in [-0.2, 0) is 0 Å². The largest absolute Gasteiger partial charge is 0.336 e. The van der Waals surface area contributed by atoms with Gasteiger partial charge in [0.15, 0.2) is 0 Å². The van der Waals surface area contributed by atoms with E-state index in [2.05, 4.69) is 10.2 Å². The molecule has 0 saturated carbocycles. The van der Waals surface area contributed by atoms with Gasteiger partial charge in [-0.3, -0.25) is 9.59 Å². The molecule has 1 unspecified atom stereocenters. The fraction of sp³-hybridized carbons (Fsp3) is 0.444. The minimum atomic E-state index is -0.315. The summed E-state index contributed by atoms with van der Waals surface area (Å²) < 4.78 is 0. The standard InChI is InChI=1S/C9H12N4O2/c10-6-3-4-13(5-6)9(15)7-1-2-8(14)12-11-7/h1-2,6H,3-5,10H2,(H,12,14). The van der Waals surface area contributed by atoms with Gasteiger partial charge in [0, 0.05) is 25.2 Å². The molecule has 6 nitrogen and oxygen atoms in total. The number of nitrogens with one attached hydrogen (secondary N) is 1. The van der Waals surface area contributed by atoms with Gasteiger partial charge in [0.05, 0.1) is 0 Å². The molecule has 0 aromatic carbocycles. The van der Waals surface area contributed by atoms with Crippen LogP contribution in [0.3, 0.4) is 0 Å². The highest BCUT2D eigenvalue weighted by atomic mass is 16.2. The van der Waals surface area contributed by atoms with Gasteiger partial charge in [0.2, 0.25) is 0 Å². The molecule has 80 valence electrons. The molecule has 0 spiro atoms. The molecule has 1 aromatic rings. The number of aromatic amines is 1. The number of carbonyl (C=O) groups is 1. The van der Waals surface area contributed by atoms with E-state index in [9.17, 15) is 9.59 Å². The van der Waals surface area contributed by atoms with Gasteiger partial charge in [-0.1, -0.05) is 0 Å². The van der Waals surface area contributed by atoms with Crippen LogP contribution in [0.2, 0.25) is 0 Å². The SMILES string of the molecule is NC1CCN(C(=O)c2ccc(=O)[nH]n2)C1. The summed E-state index contributed by atoms with van der Waals surface area (Å²) in [5, 5.41) is 5.91. The lowest BCUT2D eigenvalue weighted by atomic mass is 10.3. The van der Waals surface area contributed by atoms with E-state index in [1.807, 2.05) is 0 Å². The molecule has 1 aromatic heterocycles. The molecule has 0 radical (unpaired) electrons. The summed E-state index contributed by atoms with van der Waals surface area (Å²) >= 11 is 0. The highest BCUT2D eigenvalue weighted by molar-refractivity contribution is 5.92. The Labute approximate surface area is 86.1 Å². The maximum atomic E-state index is 11.8. The highest BCUT2D eigenvalue weighted by Crippen LogP contribution is 2.09. The van der Waals surface area contributed by atoms with E-state index in [1.165, 1.54) is 12.1 Å². The van der Waals surface area contributed by atoms with Crippen molar-refractivity contribution in [2.75, 3.05) is 13.1 Å². The second-order valence-corrected chi connectivity index (χ2v) is 3.61. The number of nitrogens with two attached hydrogens (primary N) is 1. The second kappa shape index (κ2) is 3.82. The van der Waals surface area contributed by atoms with E-state index in [0.717, 1.165) is 6.42 Å². The Hall–Kier alpha value is -1.69. The topological polar surface area (TPSA) is 92.1 Å². The van der Waals surface area contributed by atoms with Gasteiger partial charge in [-0.25, -0.2) is 5.10 Å². The molecule has 6 heteroatoms. The van der Waals surface area contributed by atoms with Crippen LogP contribution < -0.4 is 11.3 Å². The monoisotopic (exact) mass is 208 g/mol. The molecule has 0 bridgehead atoms. The summed E-state index contributed by atoms with van der Waals surface area (Å²) in [5.74, 6) is -0.181. The van der Waals surface area contributed by atoms with E-state index < -0.39 is 0 Å². The molecule has 2 rings (SSSR count). The van der Waals surface area contributed by atoms with Crippen molar-refractivity contribution in [3.63, 3.8) is 0 Å². The van der Waals surface area contributed by atoms with Crippen molar-refractivity contribution in [2.45, 2.75) is 12.5 Å². The Balaban J connectivity index is 2.14. The summed E-state index contributed by atoms with van der Waals surface area (Å²) in [6.07, 6.45) is 0.815. The molecule has 0 aliphatic carbocycles. The van der Waals surface area contributed by atoms with E-state index in [4.69, 9.17) is 5.73 Å². The van der Waals surface area contributed by atoms with Crippen molar-refractivity contribution in [1.29, 1.82) is 0 Å². The van der Waals surface area contributed by atoms with Crippen LogP contribution in [0.1, 0.15) is 16.9 Å². The number of hydrogen-bond donors (Lipinski definition) is 2. The average molecular weight is 208 g/mol. The van der Waals surface area contributed by atoms with E-state index in [0.29, 0.717) is 13.1 Å². The summed E-state index contributed by atoms with van der Waals surface area (Å²) in [7, 11) is 0. The third-order valence-corrected chi connectivity index (χ3v) is 2.41. The second-order valence-electron chi connectivity index (χ2n) is 3.61. The number of hydrogen-bond acceptors (Lipinski definition) is 4. The maximum absolute atomic E-state index is 11.8. The zero-order chi connectivity index (χ0) is 10.8. The lowest BCUT2D eigenvalue weighted by Gasteiger charge is -2.14. The van der Waals surface area contributed by atoms with Gasteiger partial charge in [0.1, 0.15) is 5.69 Å². The van der Waals surface area contributed by atoms with Gasteiger partial charge < -0.3 is 10.6 Å². The molecule has 1 aliphatic rings. The molecular formula is C9H12N4O2. The van der Waals surface area contributed by atoms with Gasteiger partial charge in [0.25, 0.3) is 11.5 Å². The first-order valence-corrected chi connectivity index (χ1v) is 4.77. The van der Waals surface area contributed by atoms with Crippen LogP contribution in [0.15, 0.2) is 16.9 Å². The molecule has 1 aliphatic heterocycles. The number of carbonyl (C=O) groups excluding carboxylic acids is 1. The van der Waals surface area contributed by atoms with Crippen molar-refractivity contribution in [3.8, 4) is 0 Å². The Morgan fingerprint density at radius 1 is 1.60 bits per heavy atom. The lowest BCUT2D eigenvalue weighted by molar-refractivity contribution is 0.0784. The number of rotatable bonds is 1. The summed E-state index contributed by atoms with van der Waals surface area (Å²) in [6, 6.07) is 2.76. The van der Waals surface area contributed by atoms with Crippen molar-refractivity contribution in [1.82, 2.24) is 15.1 Å². The maximum Gasteiger partial charge on any atom is 0.274 e. The summed E-state index contributed by atoms with van der Waals surface area (Å²) in [4.78, 5) is 24.2. The zero-order valence-corrected chi connectivity index (χ0v) is 8.14. The van der Waals surface area contributed by atoms with Crippen LogP contribution in [0.5, 0.6) is 0 Å². The van der Waals surface area contributed by atoms with Crippen LogP contribution >= 0.6 is 0 Å². The quantitative estimate of drug-likeness (QED) is 0.615. The van der Waals surface area contributed by atoms with Crippen LogP contribution in [-0.4, -0.2) is 40.1 Å². The number of amides is 1. The number of aromatic nitrogens is 2. The smallest absolute Gasteiger partial charge is 0.274 e. The first-order chi connectivity index (χ1) is 7.16. The van der Waals surface area contributed by atoms with Crippen molar-refractivity contribution in [2.24, 2.45) is 5.73 Å². The molecule has 3 N–H and O–H groups in total. The van der Waals surface area contributed by atoms with Gasteiger partial charge in [-0.2, -0.15) is 5.10 Å². The molecule has 1 atom stereocenters. The first kappa shape index (κ1) is 9.85. The Kier molecular flexibility index (Phi) is 2.51. The zero-order valence-electron chi connectivity index (χ0n) is 8.14. The highest BCUT2D eigenvalue weighted by Gasteiger charge is 2.25. The normalized spacial score (nSPS) is 20.6.